The molecule has 0 radical (unpaired) electrons. The Bertz CT molecular complexity index is 1870. The van der Waals surface area contributed by atoms with Crippen molar-refractivity contribution in [1.82, 2.24) is 5.43 Å². The maximum Gasteiger partial charge on any atom is 0.267 e. The molecule has 0 aliphatic carbocycles. The molecule has 12 heteroatoms. The first kappa shape index (κ1) is 49.0. The Hall–Kier alpha value is -2.62. The lowest BCUT2D eigenvalue weighted by molar-refractivity contribution is -0.117. The van der Waals surface area contributed by atoms with Gasteiger partial charge in [-0.2, -0.15) is 0 Å². The molecule has 0 bridgehead atoms. The van der Waals surface area contributed by atoms with E-state index in [2.05, 4.69) is 71.3 Å². The Morgan fingerprint density at radius 3 is 2.02 bits per heavy atom. The number of nitrogens with zero attached hydrogens (tertiary/aromatic N) is 2. The fourth-order valence-corrected chi connectivity index (χ4v) is 9.83. The lowest BCUT2D eigenvalue weighted by Crippen LogP contribution is -2.36. The first-order chi connectivity index (χ1) is 28.0. The highest BCUT2D eigenvalue weighted by atomic mass is 35.5. The second-order valence-electron chi connectivity index (χ2n) is 17.5. The average molecular weight is 907 g/mol. The van der Waals surface area contributed by atoms with Crippen LogP contribution in [0.3, 0.4) is 0 Å². The molecule has 1 aliphatic rings. The van der Waals surface area contributed by atoms with Gasteiger partial charge < -0.3 is 10.1 Å². The van der Waals surface area contributed by atoms with E-state index in [-0.39, 0.29) is 38.4 Å². The van der Waals surface area contributed by atoms with Gasteiger partial charge in [-0.1, -0.05) is 172 Å². The molecular weight excluding hydrogens is 842 g/mol. The number of benzene rings is 3. The summed E-state index contributed by atoms with van der Waals surface area (Å²) in [5, 5.41) is 4.55. The van der Waals surface area contributed by atoms with Crippen molar-refractivity contribution in [2.75, 3.05) is 16.9 Å². The van der Waals surface area contributed by atoms with Gasteiger partial charge in [0.05, 0.1) is 32.3 Å². The molecule has 1 aliphatic heterocycles. The molecule has 1 unspecified atom stereocenters. The van der Waals surface area contributed by atoms with Crippen LogP contribution in [0, 0.1) is 5.41 Å². The number of ether oxygens (including phenoxy) is 1. The van der Waals surface area contributed by atoms with Gasteiger partial charge in [0.1, 0.15) is 22.5 Å². The van der Waals surface area contributed by atoms with Crippen LogP contribution in [0.5, 0.6) is 5.75 Å². The van der Waals surface area contributed by atoms with E-state index in [0.717, 1.165) is 49.0 Å². The topological polar surface area (TPSA) is 83.0 Å². The van der Waals surface area contributed by atoms with E-state index in [9.17, 15) is 9.59 Å². The molecule has 1 atom stereocenters. The van der Waals surface area contributed by atoms with Crippen molar-refractivity contribution >= 4 is 92.9 Å². The monoisotopic (exact) mass is 904 g/mol. The summed E-state index contributed by atoms with van der Waals surface area (Å²) >= 11 is 27.7. The number of rotatable bonds is 23. The summed E-state index contributed by atoms with van der Waals surface area (Å²) in [5.41, 5.74) is 5.46. The quantitative estimate of drug-likeness (QED) is 0.0926. The molecule has 2 amide bonds. The Balaban J connectivity index is 1.59. The normalized spacial score (nSPS) is 15.2. The molecule has 0 aromatic heterocycles. The Labute approximate surface area is 378 Å². The van der Waals surface area contributed by atoms with Gasteiger partial charge in [-0.05, 0) is 78.1 Å². The third kappa shape index (κ3) is 15.4. The molecule has 0 spiro atoms. The van der Waals surface area contributed by atoms with Crippen LogP contribution in [0.15, 0.2) is 58.4 Å². The van der Waals surface area contributed by atoms with Crippen molar-refractivity contribution in [2.45, 2.75) is 160 Å². The van der Waals surface area contributed by atoms with E-state index in [4.69, 9.17) is 56.1 Å². The van der Waals surface area contributed by atoms with E-state index in [1.54, 1.807) is 18.2 Å². The molecular formula is C47H64Cl4N4O3S. The van der Waals surface area contributed by atoms with Gasteiger partial charge in [-0.25, -0.2) is 10.0 Å². The number of halogens is 4. The molecule has 324 valence electrons. The number of thioether (sulfide) groups is 1. The van der Waals surface area contributed by atoms with Gasteiger partial charge in [-0.15, -0.1) is 11.8 Å². The highest BCUT2D eigenvalue weighted by Crippen LogP contribution is 2.44. The Kier molecular flexibility index (Phi) is 19.6. The number of hydrogen-bond donors (Lipinski definition) is 2. The predicted molar refractivity (Wildman–Crippen MR) is 254 cm³/mol. The van der Waals surface area contributed by atoms with Crippen LogP contribution < -0.4 is 20.5 Å². The molecule has 1 saturated heterocycles. The third-order valence-corrected chi connectivity index (χ3v) is 12.6. The fourth-order valence-electron chi connectivity index (χ4n) is 7.57. The molecule has 4 rings (SSSR count). The molecule has 3 aromatic rings. The number of aliphatic imine (C=N–C) groups is 1. The zero-order valence-corrected chi connectivity index (χ0v) is 39.9. The molecule has 3 aromatic carbocycles. The van der Waals surface area contributed by atoms with Gasteiger partial charge in [0.2, 0.25) is 5.91 Å². The number of nitrogens with one attached hydrogen (secondary N) is 2. The summed E-state index contributed by atoms with van der Waals surface area (Å²) in [6, 6.07) is 14.5. The van der Waals surface area contributed by atoms with Gasteiger partial charge in [0.25, 0.3) is 5.91 Å². The van der Waals surface area contributed by atoms with Gasteiger partial charge in [0, 0.05) is 17.1 Å². The number of amides is 2. The van der Waals surface area contributed by atoms with Crippen LogP contribution in [0.4, 0.5) is 17.1 Å². The largest absolute Gasteiger partial charge is 0.492 e. The molecule has 7 nitrogen and oxygen atoms in total. The number of hydrazine groups is 1. The third-order valence-electron chi connectivity index (χ3n) is 10.3. The summed E-state index contributed by atoms with van der Waals surface area (Å²) in [6.45, 7) is 16.1. The van der Waals surface area contributed by atoms with Crippen LogP contribution in [0.2, 0.25) is 20.1 Å². The minimum absolute atomic E-state index is 0.0625. The number of carbonyl (C=O) groups excluding carboxylic acids is 2. The van der Waals surface area contributed by atoms with Crippen LogP contribution in [0.25, 0.3) is 0 Å². The summed E-state index contributed by atoms with van der Waals surface area (Å²) in [7, 11) is 0. The van der Waals surface area contributed by atoms with E-state index >= 15 is 0 Å². The average Bonchev–Trinajstić information content (AvgIpc) is 3.44. The zero-order valence-electron chi connectivity index (χ0n) is 36.0. The molecule has 2 N–H and O–H groups in total. The summed E-state index contributed by atoms with van der Waals surface area (Å²) in [4.78, 5) is 33.3. The van der Waals surface area contributed by atoms with Crippen LogP contribution in [-0.4, -0.2) is 29.5 Å². The SMILES string of the molecule is CCCCCCCCCCCCCC(=O)Nc1ccc(Cl)c(N=C2NN(c3c(Cl)cc(Cl)cc3Cl)C(=O)C2Sc2cc(C(C)(C)CC(C)(C)C)ccc2OCCCC)c1. The Morgan fingerprint density at radius 2 is 1.41 bits per heavy atom. The molecule has 1 heterocycles. The first-order valence-electron chi connectivity index (χ1n) is 21.4. The lowest BCUT2D eigenvalue weighted by Gasteiger charge is -2.33. The molecule has 0 saturated carbocycles. The lowest BCUT2D eigenvalue weighted by atomic mass is 9.72. The highest BCUT2D eigenvalue weighted by molar-refractivity contribution is 8.01. The highest BCUT2D eigenvalue weighted by Gasteiger charge is 2.42. The standard InChI is InChI=1S/C47H64Cl4N4O3S/c1-8-10-12-13-14-15-16-17-18-19-20-21-41(56)52-34-23-24-35(49)38(30-34)53-44-43(45(57)55(54-44)42-36(50)28-33(48)29-37(42)51)59-40-27-32(47(6,7)31-46(3,4)5)22-25-39(40)58-26-11-9-2/h22-25,27-30,43H,8-21,26,31H2,1-7H3,(H,52,56)(H,53,54). The van der Waals surface area contributed by atoms with Crippen molar-refractivity contribution < 1.29 is 14.3 Å². The maximum absolute atomic E-state index is 14.6. The number of hydrogen-bond acceptors (Lipinski definition) is 5. The summed E-state index contributed by atoms with van der Waals surface area (Å²) in [6.07, 6.45) is 16.7. The minimum atomic E-state index is -0.873. The van der Waals surface area contributed by atoms with Crippen LogP contribution >= 0.6 is 58.2 Å². The number of unbranched alkanes of at least 4 members (excludes halogenated alkanes) is 11. The van der Waals surface area contributed by atoms with Crippen molar-refractivity contribution in [3.05, 3.63) is 74.2 Å². The van der Waals surface area contributed by atoms with Gasteiger partial charge in [-0.3, -0.25) is 15.0 Å². The maximum atomic E-state index is 14.6. The Morgan fingerprint density at radius 1 is 0.797 bits per heavy atom. The van der Waals surface area contributed by atoms with Gasteiger partial charge >= 0.3 is 0 Å². The number of amidine groups is 1. The second kappa shape index (κ2) is 23.6. The summed E-state index contributed by atoms with van der Waals surface area (Å²) < 4.78 is 6.33. The molecule has 1 fully saturated rings. The summed E-state index contributed by atoms with van der Waals surface area (Å²) in [5.74, 6) is 0.596. The van der Waals surface area contributed by atoms with Crippen molar-refractivity contribution in [2.24, 2.45) is 10.4 Å². The van der Waals surface area contributed by atoms with E-state index < -0.39 is 5.25 Å². The van der Waals surface area contributed by atoms with Crippen LogP contribution in [-0.2, 0) is 15.0 Å². The number of carbonyl (C=O) groups is 2. The van der Waals surface area contributed by atoms with E-state index in [1.807, 2.05) is 6.07 Å². The van der Waals surface area contributed by atoms with Crippen molar-refractivity contribution in [3.63, 3.8) is 0 Å². The number of anilines is 2. The van der Waals surface area contributed by atoms with E-state index in [1.165, 1.54) is 80.3 Å². The first-order valence-corrected chi connectivity index (χ1v) is 23.8. The van der Waals surface area contributed by atoms with Crippen LogP contribution in [0.1, 0.15) is 150 Å². The smallest absolute Gasteiger partial charge is 0.267 e. The predicted octanol–water partition coefficient (Wildman–Crippen LogP) is 15.6. The second-order valence-corrected chi connectivity index (χ2v) is 20.3. The zero-order chi connectivity index (χ0) is 43.2. The fraction of sp³-hybridized carbons (Fsp3) is 0.553. The van der Waals surface area contributed by atoms with E-state index in [0.29, 0.717) is 46.0 Å². The van der Waals surface area contributed by atoms with Gasteiger partial charge in [0.15, 0.2) is 0 Å². The minimum Gasteiger partial charge on any atom is -0.492 e. The molecule has 59 heavy (non-hydrogen) atoms. The van der Waals surface area contributed by atoms with Crippen molar-refractivity contribution in [1.29, 1.82) is 0 Å². The van der Waals surface area contributed by atoms with Crippen molar-refractivity contribution in [3.8, 4) is 5.75 Å².